The topological polar surface area (TPSA) is 99.1 Å². The number of aliphatic hydroxyl groups excluding tert-OH is 1. The van der Waals surface area contributed by atoms with Crippen molar-refractivity contribution in [2.75, 3.05) is 0 Å². The first-order valence-corrected chi connectivity index (χ1v) is 8.33. The van der Waals surface area contributed by atoms with Crippen molar-refractivity contribution in [3.63, 3.8) is 0 Å². The van der Waals surface area contributed by atoms with E-state index in [-0.39, 0.29) is 0 Å². The molecule has 1 saturated carbocycles. The Balaban J connectivity index is 1.46. The van der Waals surface area contributed by atoms with Crippen LogP contribution < -0.4 is 4.74 Å². The second kappa shape index (κ2) is 5.13. The first-order chi connectivity index (χ1) is 12.1. The van der Waals surface area contributed by atoms with Crippen LogP contribution in [0.15, 0.2) is 29.0 Å². The van der Waals surface area contributed by atoms with Gasteiger partial charge < -0.3 is 14.4 Å². The molecule has 0 aromatic carbocycles. The van der Waals surface area contributed by atoms with Crippen LogP contribution in [0.2, 0.25) is 0 Å². The van der Waals surface area contributed by atoms with Crippen molar-refractivity contribution in [3.05, 3.63) is 30.1 Å². The fraction of sp³-hybridized carbons (Fsp3) is 0.412. The molecule has 0 saturated heterocycles. The molecule has 2 aliphatic rings. The second-order valence-corrected chi connectivity index (χ2v) is 6.73. The molecule has 8 heteroatoms. The molecule has 1 spiro atoms. The average molecular weight is 339 g/mol. The third kappa shape index (κ3) is 2.25. The molecule has 1 N–H and O–H groups in total. The van der Waals surface area contributed by atoms with Gasteiger partial charge in [0, 0.05) is 31.4 Å². The van der Waals surface area contributed by atoms with Gasteiger partial charge in [-0.1, -0.05) is 5.16 Å². The lowest BCUT2D eigenvalue weighted by atomic mass is 9.73. The van der Waals surface area contributed by atoms with Gasteiger partial charge in [-0.2, -0.15) is 10.1 Å². The summed E-state index contributed by atoms with van der Waals surface area (Å²) in [6, 6.07) is 3.72. The van der Waals surface area contributed by atoms with Gasteiger partial charge in [0.2, 0.25) is 11.7 Å². The van der Waals surface area contributed by atoms with Gasteiger partial charge in [0.15, 0.2) is 0 Å². The molecule has 25 heavy (non-hydrogen) atoms. The minimum Gasteiger partial charge on any atom is -0.468 e. The minimum absolute atomic E-state index is 0.370. The Labute approximate surface area is 143 Å². The molecule has 1 aliphatic heterocycles. The molecule has 1 aliphatic carbocycles. The van der Waals surface area contributed by atoms with E-state index in [1.165, 1.54) is 0 Å². The van der Waals surface area contributed by atoms with Crippen molar-refractivity contribution in [1.82, 2.24) is 24.9 Å². The highest BCUT2D eigenvalue weighted by Crippen LogP contribution is 2.44. The number of ether oxygens (including phenoxy) is 1. The molecular formula is C17H17N5O3. The molecule has 8 nitrogen and oxygen atoms in total. The van der Waals surface area contributed by atoms with Crippen molar-refractivity contribution < 1.29 is 14.4 Å². The number of pyridine rings is 1. The molecular weight excluding hydrogens is 322 g/mol. The monoisotopic (exact) mass is 339 g/mol. The lowest BCUT2D eigenvalue weighted by Crippen LogP contribution is -2.56. The highest BCUT2D eigenvalue weighted by Gasteiger charge is 2.49. The summed E-state index contributed by atoms with van der Waals surface area (Å²) in [4.78, 5) is 8.80. The maximum Gasteiger partial charge on any atom is 0.259 e. The van der Waals surface area contributed by atoms with Crippen LogP contribution in [0.25, 0.3) is 23.0 Å². The summed E-state index contributed by atoms with van der Waals surface area (Å²) in [5, 5.41) is 18.7. The van der Waals surface area contributed by atoms with Crippen LogP contribution in [0.3, 0.4) is 0 Å². The summed E-state index contributed by atoms with van der Waals surface area (Å²) in [7, 11) is 1.83. The molecule has 4 heterocycles. The van der Waals surface area contributed by atoms with Crippen molar-refractivity contribution in [3.8, 4) is 28.9 Å². The predicted octanol–water partition coefficient (Wildman–Crippen LogP) is 1.75. The highest BCUT2D eigenvalue weighted by atomic mass is 16.5. The molecule has 0 bridgehead atoms. The second-order valence-electron chi connectivity index (χ2n) is 6.73. The molecule has 128 valence electrons. The third-order valence-corrected chi connectivity index (χ3v) is 5.06. The summed E-state index contributed by atoms with van der Waals surface area (Å²) >= 11 is 0. The zero-order chi connectivity index (χ0) is 17.0. The fourth-order valence-corrected chi connectivity index (χ4v) is 3.45. The van der Waals surface area contributed by atoms with Gasteiger partial charge in [-0.25, -0.2) is 4.98 Å². The Morgan fingerprint density at radius 2 is 2.24 bits per heavy atom. The highest BCUT2D eigenvalue weighted by molar-refractivity contribution is 5.58. The van der Waals surface area contributed by atoms with Crippen LogP contribution in [0.1, 0.15) is 24.8 Å². The quantitative estimate of drug-likeness (QED) is 0.759. The van der Waals surface area contributed by atoms with E-state index in [9.17, 15) is 5.11 Å². The number of aliphatic hydroxyl groups is 1. The van der Waals surface area contributed by atoms with Gasteiger partial charge in [-0.05, 0) is 31.4 Å². The number of hydrogen-bond donors (Lipinski definition) is 1. The standard InChI is InChI=1S/C17H17N5O3/c1-22-6-3-12(20-22)14-19-16(25-21-14)11-7-10-8-13(23)17(4-2-5-17)24-15(10)18-9-11/h3,6-7,9,13,23H,2,4-5,8H2,1H3. The van der Waals surface area contributed by atoms with Crippen LogP contribution in [-0.2, 0) is 13.5 Å². The van der Waals surface area contributed by atoms with E-state index in [2.05, 4.69) is 20.2 Å². The smallest absolute Gasteiger partial charge is 0.259 e. The van der Waals surface area contributed by atoms with Crippen LogP contribution >= 0.6 is 0 Å². The molecule has 0 radical (unpaired) electrons. The van der Waals surface area contributed by atoms with Crippen LogP contribution in [-0.4, -0.2) is 41.7 Å². The normalized spacial score (nSPS) is 20.8. The van der Waals surface area contributed by atoms with E-state index in [1.54, 1.807) is 10.9 Å². The number of aromatic nitrogens is 5. The Morgan fingerprint density at radius 3 is 2.96 bits per heavy atom. The third-order valence-electron chi connectivity index (χ3n) is 5.06. The van der Waals surface area contributed by atoms with Crippen molar-refractivity contribution in [1.29, 1.82) is 0 Å². The maximum atomic E-state index is 10.4. The Kier molecular flexibility index (Phi) is 2.99. The molecule has 1 atom stereocenters. The minimum atomic E-state index is -0.502. The largest absolute Gasteiger partial charge is 0.468 e. The SMILES string of the molecule is Cn1ccc(-c2noc(-c3cnc4c(c3)CC(O)C3(CCC3)O4)n2)n1. The first-order valence-electron chi connectivity index (χ1n) is 8.33. The van der Waals surface area contributed by atoms with Gasteiger partial charge in [-0.15, -0.1) is 0 Å². The van der Waals surface area contributed by atoms with Crippen molar-refractivity contribution >= 4 is 0 Å². The lowest BCUT2D eigenvalue weighted by molar-refractivity contribution is -0.118. The Bertz CT molecular complexity index is 943. The van der Waals surface area contributed by atoms with E-state index >= 15 is 0 Å². The summed E-state index contributed by atoms with van der Waals surface area (Å²) in [6.45, 7) is 0. The van der Waals surface area contributed by atoms with Gasteiger partial charge in [0.25, 0.3) is 5.89 Å². The molecule has 3 aromatic rings. The molecule has 1 fully saturated rings. The van der Waals surface area contributed by atoms with E-state index < -0.39 is 11.7 Å². The van der Waals surface area contributed by atoms with Crippen molar-refractivity contribution in [2.24, 2.45) is 7.05 Å². The van der Waals surface area contributed by atoms with Crippen LogP contribution in [0, 0.1) is 0 Å². The summed E-state index contributed by atoms with van der Waals surface area (Å²) in [6.07, 6.45) is 6.36. The summed E-state index contributed by atoms with van der Waals surface area (Å²) < 4.78 is 13.0. The number of hydrogen-bond acceptors (Lipinski definition) is 7. The summed E-state index contributed by atoms with van der Waals surface area (Å²) in [5.41, 5.74) is 1.78. The predicted molar refractivity (Wildman–Crippen MR) is 86.7 cm³/mol. The Morgan fingerprint density at radius 1 is 1.36 bits per heavy atom. The van der Waals surface area contributed by atoms with E-state index in [0.29, 0.717) is 35.3 Å². The van der Waals surface area contributed by atoms with Crippen LogP contribution in [0.5, 0.6) is 5.88 Å². The van der Waals surface area contributed by atoms with Gasteiger partial charge in [-0.3, -0.25) is 4.68 Å². The van der Waals surface area contributed by atoms with Gasteiger partial charge in [0.05, 0.1) is 11.7 Å². The zero-order valence-corrected chi connectivity index (χ0v) is 13.7. The maximum absolute atomic E-state index is 10.4. The van der Waals surface area contributed by atoms with Gasteiger partial charge >= 0.3 is 0 Å². The fourth-order valence-electron chi connectivity index (χ4n) is 3.45. The number of nitrogens with zero attached hydrogens (tertiary/aromatic N) is 5. The Hall–Kier alpha value is -2.74. The molecule has 0 amide bonds. The van der Waals surface area contributed by atoms with E-state index in [1.807, 2.05) is 25.4 Å². The van der Waals surface area contributed by atoms with Gasteiger partial charge in [0.1, 0.15) is 11.3 Å². The molecule has 1 unspecified atom stereocenters. The summed E-state index contributed by atoms with van der Waals surface area (Å²) in [5.74, 6) is 1.39. The molecule has 5 rings (SSSR count). The lowest BCUT2D eigenvalue weighted by Gasteiger charge is -2.47. The van der Waals surface area contributed by atoms with E-state index in [0.717, 1.165) is 24.8 Å². The first kappa shape index (κ1) is 14.6. The number of fused-ring (bicyclic) bond motifs is 1. The van der Waals surface area contributed by atoms with Crippen molar-refractivity contribution in [2.45, 2.75) is 37.4 Å². The van der Waals surface area contributed by atoms with E-state index in [4.69, 9.17) is 9.26 Å². The number of rotatable bonds is 2. The molecule has 3 aromatic heterocycles. The zero-order valence-electron chi connectivity index (χ0n) is 13.7. The van der Waals surface area contributed by atoms with Crippen LogP contribution in [0.4, 0.5) is 0 Å². The number of aryl methyl sites for hydroxylation is 1. The average Bonchev–Trinajstić information content (AvgIpc) is 3.21.